The van der Waals surface area contributed by atoms with Crippen LogP contribution in [0.3, 0.4) is 0 Å². The van der Waals surface area contributed by atoms with E-state index >= 15 is 0 Å². The summed E-state index contributed by atoms with van der Waals surface area (Å²) in [7, 11) is 0. The molecule has 7 heteroatoms. The summed E-state index contributed by atoms with van der Waals surface area (Å²) in [5, 5.41) is 17.5. The highest BCUT2D eigenvalue weighted by Gasteiger charge is 2.11. The number of carbonyl (C=O) groups excluding carboxylic acids is 2. The number of rotatable bonds is 7. The van der Waals surface area contributed by atoms with Gasteiger partial charge in [0.25, 0.3) is 0 Å². The third kappa shape index (κ3) is 8.05. The Morgan fingerprint density at radius 3 is 2.28 bits per heavy atom. The van der Waals surface area contributed by atoms with Crippen molar-refractivity contribution in [2.24, 2.45) is 0 Å². The molecule has 0 spiro atoms. The van der Waals surface area contributed by atoms with E-state index in [9.17, 15) is 19.5 Å². The zero-order valence-corrected chi connectivity index (χ0v) is 9.79. The van der Waals surface area contributed by atoms with Crippen LogP contribution < -0.4 is 0 Å². The van der Waals surface area contributed by atoms with Gasteiger partial charge in [0, 0.05) is 17.7 Å². The molecule has 0 rings (SSSR count). The summed E-state index contributed by atoms with van der Waals surface area (Å²) in [4.78, 5) is 31.9. The molecule has 100 valence electrons. The van der Waals surface area contributed by atoms with E-state index < -0.39 is 30.6 Å². The van der Waals surface area contributed by atoms with Crippen molar-refractivity contribution in [3.63, 3.8) is 0 Å². The summed E-state index contributed by atoms with van der Waals surface area (Å²) in [5.74, 6) is -2.86. The Morgan fingerprint density at radius 1 is 1.22 bits per heavy atom. The van der Waals surface area contributed by atoms with E-state index in [2.05, 4.69) is 16.1 Å². The van der Waals surface area contributed by atoms with Gasteiger partial charge >= 0.3 is 17.9 Å². The smallest absolute Gasteiger partial charge is 0.333 e. The Balaban J connectivity index is 3.86. The maximum absolute atomic E-state index is 10.9. The molecule has 1 unspecified atom stereocenters. The van der Waals surface area contributed by atoms with Crippen LogP contribution >= 0.6 is 0 Å². The van der Waals surface area contributed by atoms with Crippen molar-refractivity contribution < 1.29 is 34.1 Å². The second-order valence-electron chi connectivity index (χ2n) is 3.33. The lowest BCUT2D eigenvalue weighted by Crippen LogP contribution is -2.25. The number of hydrogen-bond acceptors (Lipinski definition) is 6. The maximum atomic E-state index is 10.9. The van der Waals surface area contributed by atoms with Crippen LogP contribution in [0.5, 0.6) is 0 Å². The molecule has 0 fully saturated rings. The van der Waals surface area contributed by atoms with Crippen LogP contribution in [0.25, 0.3) is 0 Å². The van der Waals surface area contributed by atoms with Gasteiger partial charge < -0.3 is 19.7 Å². The molecular formula is C11H14O7. The van der Waals surface area contributed by atoms with Crippen molar-refractivity contribution in [3.8, 4) is 0 Å². The molecule has 0 bridgehead atoms. The van der Waals surface area contributed by atoms with Crippen molar-refractivity contribution in [2.45, 2.75) is 13.0 Å². The fourth-order valence-corrected chi connectivity index (χ4v) is 0.709. The normalized spacial score (nSPS) is 11.9. The van der Waals surface area contributed by atoms with Gasteiger partial charge in [-0.25, -0.2) is 14.4 Å². The molecule has 0 saturated carbocycles. The molecule has 2 N–H and O–H groups in total. The monoisotopic (exact) mass is 258 g/mol. The summed E-state index contributed by atoms with van der Waals surface area (Å²) in [5.41, 5.74) is 0.184. The Kier molecular flexibility index (Phi) is 7.06. The number of carboxylic acids is 1. The molecule has 0 aliphatic heterocycles. The van der Waals surface area contributed by atoms with E-state index in [1.807, 2.05) is 0 Å². The van der Waals surface area contributed by atoms with Gasteiger partial charge in [0.2, 0.25) is 0 Å². The van der Waals surface area contributed by atoms with Crippen molar-refractivity contribution in [1.29, 1.82) is 0 Å². The first kappa shape index (κ1) is 15.9. The number of esters is 2. The molecule has 0 heterocycles. The molecule has 0 radical (unpaired) electrons. The summed E-state index contributed by atoms with van der Waals surface area (Å²) < 4.78 is 9.10. The van der Waals surface area contributed by atoms with Gasteiger partial charge in [0.1, 0.15) is 19.3 Å². The number of aliphatic hydroxyl groups excluding tert-OH is 1. The van der Waals surface area contributed by atoms with Crippen LogP contribution in [0.2, 0.25) is 0 Å². The first-order valence-corrected chi connectivity index (χ1v) is 4.91. The second kappa shape index (κ2) is 8.02. The lowest BCUT2D eigenvalue weighted by atomic mass is 10.3. The average Bonchev–Trinajstić information content (AvgIpc) is 2.30. The SMILES string of the molecule is C=C(C)C(=O)OCC(O)COC(=O)/C=C\C(=O)O. The largest absolute Gasteiger partial charge is 0.478 e. The molecule has 1 atom stereocenters. The van der Waals surface area contributed by atoms with Crippen LogP contribution in [0.4, 0.5) is 0 Å². The first-order chi connectivity index (χ1) is 8.32. The molecular weight excluding hydrogens is 244 g/mol. The van der Waals surface area contributed by atoms with Crippen LogP contribution in [0, 0.1) is 0 Å². The lowest BCUT2D eigenvalue weighted by Gasteiger charge is -2.10. The number of ether oxygens (including phenoxy) is 2. The predicted molar refractivity (Wildman–Crippen MR) is 59.5 cm³/mol. The van der Waals surface area contributed by atoms with Crippen LogP contribution in [-0.4, -0.2) is 47.4 Å². The van der Waals surface area contributed by atoms with Crippen molar-refractivity contribution >= 4 is 17.9 Å². The number of aliphatic hydroxyl groups is 1. The van der Waals surface area contributed by atoms with Crippen molar-refractivity contribution in [2.75, 3.05) is 13.2 Å². The third-order valence-corrected chi connectivity index (χ3v) is 1.54. The molecule has 0 aromatic rings. The Bertz CT molecular complexity index is 370. The zero-order valence-electron chi connectivity index (χ0n) is 9.79. The number of aliphatic carboxylic acids is 1. The third-order valence-electron chi connectivity index (χ3n) is 1.54. The molecule has 0 aliphatic rings. The fourth-order valence-electron chi connectivity index (χ4n) is 0.709. The Hall–Kier alpha value is -2.15. The predicted octanol–water partition coefficient (Wildman–Crippen LogP) is -0.349. The lowest BCUT2D eigenvalue weighted by molar-refractivity contribution is -0.147. The van der Waals surface area contributed by atoms with Crippen LogP contribution in [-0.2, 0) is 23.9 Å². The number of carboxylic acid groups (broad SMARTS) is 1. The Morgan fingerprint density at radius 2 is 1.78 bits per heavy atom. The van der Waals surface area contributed by atoms with E-state index in [0.29, 0.717) is 12.2 Å². The van der Waals surface area contributed by atoms with Gasteiger partial charge in [0.05, 0.1) is 0 Å². The van der Waals surface area contributed by atoms with Gasteiger partial charge in [-0.05, 0) is 6.92 Å². The van der Waals surface area contributed by atoms with Gasteiger partial charge in [-0.15, -0.1) is 0 Å². The molecule has 0 aromatic heterocycles. The van der Waals surface area contributed by atoms with E-state index in [1.165, 1.54) is 6.92 Å². The van der Waals surface area contributed by atoms with Crippen molar-refractivity contribution in [3.05, 3.63) is 24.3 Å². The minimum atomic E-state index is -1.29. The van der Waals surface area contributed by atoms with E-state index in [-0.39, 0.29) is 12.2 Å². The van der Waals surface area contributed by atoms with Gasteiger partial charge in [-0.1, -0.05) is 6.58 Å². The first-order valence-electron chi connectivity index (χ1n) is 4.91. The number of carbonyl (C=O) groups is 3. The zero-order chi connectivity index (χ0) is 14.1. The number of hydrogen-bond donors (Lipinski definition) is 2. The van der Waals surface area contributed by atoms with Gasteiger partial charge in [0.15, 0.2) is 0 Å². The minimum Gasteiger partial charge on any atom is -0.478 e. The summed E-state index contributed by atoms with van der Waals surface area (Å²) in [6.07, 6.45) is 0.126. The second-order valence-corrected chi connectivity index (χ2v) is 3.33. The molecule has 7 nitrogen and oxygen atoms in total. The topological polar surface area (TPSA) is 110 Å². The van der Waals surface area contributed by atoms with Gasteiger partial charge in [-0.3, -0.25) is 0 Å². The fraction of sp³-hybridized carbons (Fsp3) is 0.364. The van der Waals surface area contributed by atoms with E-state index in [4.69, 9.17) is 5.11 Å². The van der Waals surface area contributed by atoms with E-state index in [1.54, 1.807) is 0 Å². The summed E-state index contributed by atoms with van der Waals surface area (Å²) in [6.45, 7) is 4.04. The standard InChI is InChI=1S/C11H14O7/c1-7(2)11(16)18-6-8(12)5-17-10(15)4-3-9(13)14/h3-4,8,12H,1,5-6H2,2H3,(H,13,14)/b4-3-. The van der Waals surface area contributed by atoms with E-state index in [0.717, 1.165) is 0 Å². The van der Waals surface area contributed by atoms with Crippen LogP contribution in [0.1, 0.15) is 6.92 Å². The van der Waals surface area contributed by atoms with Crippen molar-refractivity contribution in [1.82, 2.24) is 0 Å². The molecule has 18 heavy (non-hydrogen) atoms. The highest BCUT2D eigenvalue weighted by Crippen LogP contribution is 1.95. The molecule has 0 saturated heterocycles. The minimum absolute atomic E-state index is 0.184. The molecule has 0 amide bonds. The van der Waals surface area contributed by atoms with Gasteiger partial charge in [-0.2, -0.15) is 0 Å². The average molecular weight is 258 g/mol. The highest BCUT2D eigenvalue weighted by atomic mass is 16.6. The summed E-state index contributed by atoms with van der Waals surface area (Å²) >= 11 is 0. The molecule has 0 aromatic carbocycles. The van der Waals surface area contributed by atoms with Crippen LogP contribution in [0.15, 0.2) is 24.3 Å². The highest BCUT2D eigenvalue weighted by molar-refractivity contribution is 5.90. The maximum Gasteiger partial charge on any atom is 0.333 e. The summed E-state index contributed by atoms with van der Waals surface area (Å²) in [6, 6.07) is 0. The molecule has 0 aliphatic carbocycles. The quantitative estimate of drug-likeness (QED) is 0.474. The Labute approximate surface area is 103 Å².